The SMILES string of the molecule is CC.O=C(Nc1ccc(Cl)c(Cl)c1)N1CCN(C(=O)[C@H]2CN(C3CC3)CCN2)CC1. The number of urea groups is 1. The summed E-state index contributed by atoms with van der Waals surface area (Å²) in [6.45, 7) is 8.80. The Morgan fingerprint density at radius 3 is 2.30 bits per heavy atom. The quantitative estimate of drug-likeness (QED) is 0.734. The number of carbonyl (C=O) groups is 2. The van der Waals surface area contributed by atoms with Crippen LogP contribution in [-0.2, 0) is 4.79 Å². The average Bonchev–Trinajstić information content (AvgIpc) is 3.63. The van der Waals surface area contributed by atoms with E-state index >= 15 is 0 Å². The van der Waals surface area contributed by atoms with E-state index in [9.17, 15) is 9.59 Å². The Kier molecular flexibility index (Phi) is 8.22. The first kappa shape index (κ1) is 23.1. The van der Waals surface area contributed by atoms with Crippen LogP contribution in [0.1, 0.15) is 26.7 Å². The third kappa shape index (κ3) is 5.78. The molecule has 3 fully saturated rings. The highest BCUT2D eigenvalue weighted by atomic mass is 35.5. The first-order valence-electron chi connectivity index (χ1n) is 10.8. The van der Waals surface area contributed by atoms with Crippen molar-refractivity contribution in [2.45, 2.75) is 38.8 Å². The van der Waals surface area contributed by atoms with E-state index in [1.807, 2.05) is 18.7 Å². The van der Waals surface area contributed by atoms with E-state index in [-0.39, 0.29) is 18.0 Å². The van der Waals surface area contributed by atoms with Gasteiger partial charge in [-0.05, 0) is 31.0 Å². The molecule has 0 radical (unpaired) electrons. The summed E-state index contributed by atoms with van der Waals surface area (Å²) >= 11 is 11.9. The van der Waals surface area contributed by atoms with Crippen molar-refractivity contribution >= 4 is 40.8 Å². The maximum Gasteiger partial charge on any atom is 0.321 e. The van der Waals surface area contributed by atoms with E-state index in [2.05, 4.69) is 15.5 Å². The summed E-state index contributed by atoms with van der Waals surface area (Å²) in [4.78, 5) is 31.4. The Bertz CT molecular complexity index is 751. The third-order valence-electron chi connectivity index (χ3n) is 5.62. The van der Waals surface area contributed by atoms with Crippen molar-refractivity contribution in [3.63, 3.8) is 0 Å². The minimum Gasteiger partial charge on any atom is -0.338 e. The van der Waals surface area contributed by atoms with E-state index in [1.165, 1.54) is 12.8 Å². The van der Waals surface area contributed by atoms with Gasteiger partial charge in [-0.2, -0.15) is 0 Å². The smallest absolute Gasteiger partial charge is 0.321 e. The van der Waals surface area contributed by atoms with Gasteiger partial charge in [0.25, 0.3) is 0 Å². The van der Waals surface area contributed by atoms with E-state index in [1.54, 1.807) is 23.1 Å². The molecule has 1 aliphatic carbocycles. The Balaban J connectivity index is 0.00000124. The molecule has 1 aromatic carbocycles. The summed E-state index contributed by atoms with van der Waals surface area (Å²) in [5.74, 6) is 0.148. The van der Waals surface area contributed by atoms with Gasteiger partial charge in [0.15, 0.2) is 0 Å². The second kappa shape index (κ2) is 10.7. The zero-order valence-electron chi connectivity index (χ0n) is 17.7. The zero-order chi connectivity index (χ0) is 21.7. The largest absolute Gasteiger partial charge is 0.338 e. The fourth-order valence-corrected chi connectivity index (χ4v) is 4.13. The van der Waals surface area contributed by atoms with Crippen LogP contribution in [0.15, 0.2) is 18.2 Å². The van der Waals surface area contributed by atoms with Gasteiger partial charge in [0.1, 0.15) is 0 Å². The molecule has 1 atom stereocenters. The van der Waals surface area contributed by atoms with Gasteiger partial charge >= 0.3 is 6.03 Å². The molecule has 3 amide bonds. The normalized spacial score (nSPS) is 22.2. The molecule has 166 valence electrons. The molecule has 2 aliphatic heterocycles. The number of rotatable bonds is 3. The Labute approximate surface area is 188 Å². The number of amides is 3. The highest BCUT2D eigenvalue weighted by molar-refractivity contribution is 6.42. The third-order valence-corrected chi connectivity index (χ3v) is 6.36. The molecule has 0 bridgehead atoms. The molecule has 4 rings (SSSR count). The number of anilines is 1. The number of nitrogens with one attached hydrogen (secondary N) is 2. The number of benzene rings is 1. The maximum atomic E-state index is 12.9. The summed E-state index contributed by atoms with van der Waals surface area (Å²) in [5.41, 5.74) is 0.601. The molecule has 9 heteroatoms. The van der Waals surface area contributed by atoms with Crippen LogP contribution in [0.25, 0.3) is 0 Å². The molecular formula is C21H31Cl2N5O2. The second-order valence-electron chi connectivity index (χ2n) is 7.60. The van der Waals surface area contributed by atoms with E-state index in [0.717, 1.165) is 19.6 Å². The minimum atomic E-state index is -0.193. The molecule has 2 saturated heterocycles. The molecule has 0 unspecified atom stereocenters. The number of nitrogens with zero attached hydrogens (tertiary/aromatic N) is 3. The lowest BCUT2D eigenvalue weighted by molar-refractivity contribution is -0.136. The van der Waals surface area contributed by atoms with Crippen LogP contribution in [0.2, 0.25) is 10.0 Å². The second-order valence-corrected chi connectivity index (χ2v) is 8.42. The predicted molar refractivity (Wildman–Crippen MR) is 121 cm³/mol. The summed E-state index contributed by atoms with van der Waals surface area (Å²) < 4.78 is 0. The summed E-state index contributed by atoms with van der Waals surface area (Å²) in [6.07, 6.45) is 2.51. The molecule has 1 saturated carbocycles. The fraction of sp³-hybridized carbons (Fsp3) is 0.619. The lowest BCUT2D eigenvalue weighted by atomic mass is 10.1. The van der Waals surface area contributed by atoms with Crippen molar-refractivity contribution in [2.24, 2.45) is 0 Å². The lowest BCUT2D eigenvalue weighted by Gasteiger charge is -2.39. The molecule has 7 nitrogen and oxygen atoms in total. The van der Waals surface area contributed by atoms with Crippen LogP contribution in [0.5, 0.6) is 0 Å². The summed E-state index contributed by atoms with van der Waals surface area (Å²) in [7, 11) is 0. The molecule has 3 aliphatic rings. The van der Waals surface area contributed by atoms with Crippen molar-refractivity contribution in [2.75, 3.05) is 51.1 Å². The van der Waals surface area contributed by atoms with Crippen LogP contribution in [0, 0.1) is 0 Å². The van der Waals surface area contributed by atoms with Gasteiger partial charge in [-0.3, -0.25) is 9.69 Å². The van der Waals surface area contributed by atoms with Crippen LogP contribution >= 0.6 is 23.2 Å². The number of carbonyl (C=O) groups excluding carboxylic acids is 2. The van der Waals surface area contributed by atoms with Crippen LogP contribution < -0.4 is 10.6 Å². The first-order valence-corrected chi connectivity index (χ1v) is 11.5. The summed E-state index contributed by atoms with van der Waals surface area (Å²) in [6, 6.07) is 5.35. The molecule has 0 aromatic heterocycles. The molecule has 2 N–H and O–H groups in total. The van der Waals surface area contributed by atoms with Crippen molar-refractivity contribution in [3.8, 4) is 0 Å². The Morgan fingerprint density at radius 2 is 1.67 bits per heavy atom. The lowest BCUT2D eigenvalue weighted by Crippen LogP contribution is -2.61. The number of hydrogen-bond acceptors (Lipinski definition) is 4. The number of halogens is 2. The molecule has 1 aromatic rings. The van der Waals surface area contributed by atoms with Crippen molar-refractivity contribution < 1.29 is 9.59 Å². The maximum absolute atomic E-state index is 12.9. The minimum absolute atomic E-state index is 0.133. The molecule has 2 heterocycles. The monoisotopic (exact) mass is 455 g/mol. The number of hydrogen-bond donors (Lipinski definition) is 2. The Hall–Kier alpha value is -1.54. The van der Waals surface area contributed by atoms with E-state index < -0.39 is 0 Å². The van der Waals surface area contributed by atoms with Gasteiger partial charge in [-0.1, -0.05) is 37.0 Å². The molecule has 0 spiro atoms. The van der Waals surface area contributed by atoms with Crippen molar-refractivity contribution in [1.82, 2.24) is 20.0 Å². The van der Waals surface area contributed by atoms with Crippen LogP contribution in [0.4, 0.5) is 10.5 Å². The fourth-order valence-electron chi connectivity index (χ4n) is 3.84. The van der Waals surface area contributed by atoms with Crippen molar-refractivity contribution in [1.29, 1.82) is 0 Å². The average molecular weight is 456 g/mol. The molecular weight excluding hydrogens is 425 g/mol. The van der Waals surface area contributed by atoms with E-state index in [4.69, 9.17) is 23.2 Å². The van der Waals surface area contributed by atoms with Crippen LogP contribution in [-0.4, -0.2) is 84.5 Å². The van der Waals surface area contributed by atoms with Crippen molar-refractivity contribution in [3.05, 3.63) is 28.2 Å². The highest BCUT2D eigenvalue weighted by Gasteiger charge is 2.36. The number of piperazine rings is 2. The Morgan fingerprint density at radius 1 is 1.00 bits per heavy atom. The predicted octanol–water partition coefficient (Wildman–Crippen LogP) is 3.13. The van der Waals surface area contributed by atoms with Gasteiger partial charge in [0, 0.05) is 57.5 Å². The van der Waals surface area contributed by atoms with Gasteiger partial charge in [0.2, 0.25) is 5.91 Å². The zero-order valence-corrected chi connectivity index (χ0v) is 19.2. The van der Waals surface area contributed by atoms with Gasteiger partial charge in [-0.15, -0.1) is 0 Å². The first-order chi connectivity index (χ1) is 14.5. The van der Waals surface area contributed by atoms with E-state index in [0.29, 0.717) is 48.0 Å². The molecule has 30 heavy (non-hydrogen) atoms. The van der Waals surface area contributed by atoms with Crippen LogP contribution in [0.3, 0.4) is 0 Å². The van der Waals surface area contributed by atoms with Gasteiger partial charge in [0.05, 0.1) is 16.1 Å². The topological polar surface area (TPSA) is 67.9 Å². The highest BCUT2D eigenvalue weighted by Crippen LogP contribution is 2.28. The standard InChI is InChI=1S/C19H25Cl2N5O2.C2H6/c20-15-4-1-13(11-16(15)21)23-19(28)25-9-7-24(8-10-25)18(27)17-12-26(6-5-22-17)14-2-3-14;1-2/h1,4,11,14,17,22H,2-3,5-10,12H2,(H,23,28);1-2H3/t17-;/m1./s1. The van der Waals surface area contributed by atoms with Gasteiger partial charge in [-0.25, -0.2) is 4.79 Å². The van der Waals surface area contributed by atoms with Gasteiger partial charge < -0.3 is 20.4 Å². The summed E-state index contributed by atoms with van der Waals surface area (Å²) in [5, 5.41) is 7.04.